The van der Waals surface area contributed by atoms with Gasteiger partial charge in [-0.3, -0.25) is 14.6 Å². The number of rotatable bonds is 8. The predicted molar refractivity (Wildman–Crippen MR) is 120 cm³/mol. The van der Waals surface area contributed by atoms with Crippen LogP contribution < -0.4 is 10.6 Å². The maximum Gasteiger partial charge on any atom is 0.251 e. The summed E-state index contributed by atoms with van der Waals surface area (Å²) in [5.74, 6) is -0.480. The van der Waals surface area contributed by atoms with E-state index in [0.29, 0.717) is 12.0 Å². The van der Waals surface area contributed by atoms with E-state index >= 15 is 0 Å². The van der Waals surface area contributed by atoms with Gasteiger partial charge in [-0.15, -0.1) is 11.3 Å². The molecule has 1 atom stereocenters. The molecule has 1 aromatic carbocycles. The van der Waals surface area contributed by atoms with E-state index < -0.39 is 6.04 Å². The Morgan fingerprint density at radius 1 is 1.10 bits per heavy atom. The Hall–Kier alpha value is -3.57. The number of thiazole rings is 1. The molecule has 0 fully saturated rings. The Labute approximate surface area is 185 Å². The molecule has 0 aliphatic heterocycles. The van der Waals surface area contributed by atoms with E-state index in [1.165, 1.54) is 0 Å². The standard InChI is InChI=1S/C23H23N5O2S/c1-15(2)13-19(22(30)26-12-9-24)27-21(29)17-5-3-16(4-6-17)20-14-31-23(28-20)18-7-10-25-11-8-18/h3-8,10-11,14-15,19H,12-13H2,1-2H3,(H,26,30)(H,27,29)/t19-/m0/s1. The number of amides is 2. The fraction of sp³-hybridized carbons (Fsp3) is 0.261. The van der Waals surface area contributed by atoms with Gasteiger partial charge in [0.15, 0.2) is 0 Å². The molecule has 0 aliphatic carbocycles. The molecule has 0 unspecified atom stereocenters. The van der Waals surface area contributed by atoms with E-state index in [-0.39, 0.29) is 24.3 Å². The molecule has 0 radical (unpaired) electrons. The molecule has 158 valence electrons. The summed E-state index contributed by atoms with van der Waals surface area (Å²) in [4.78, 5) is 33.6. The molecule has 8 heteroatoms. The van der Waals surface area contributed by atoms with Crippen LogP contribution in [0.3, 0.4) is 0 Å². The molecular weight excluding hydrogens is 410 g/mol. The molecule has 0 saturated carbocycles. The lowest BCUT2D eigenvalue weighted by Crippen LogP contribution is -2.47. The number of nitriles is 1. The van der Waals surface area contributed by atoms with Gasteiger partial charge in [-0.05, 0) is 36.6 Å². The summed E-state index contributed by atoms with van der Waals surface area (Å²) in [5, 5.41) is 16.8. The number of nitrogens with one attached hydrogen (secondary N) is 2. The van der Waals surface area contributed by atoms with Gasteiger partial charge in [0, 0.05) is 34.5 Å². The first-order valence-electron chi connectivity index (χ1n) is 9.90. The summed E-state index contributed by atoms with van der Waals surface area (Å²) in [6.07, 6.45) is 3.95. The number of hydrogen-bond acceptors (Lipinski definition) is 6. The van der Waals surface area contributed by atoms with Crippen molar-refractivity contribution in [3.8, 4) is 27.9 Å². The average Bonchev–Trinajstić information content (AvgIpc) is 3.27. The van der Waals surface area contributed by atoms with E-state index in [1.807, 2.05) is 49.6 Å². The maximum atomic E-state index is 12.7. The highest BCUT2D eigenvalue weighted by atomic mass is 32.1. The van der Waals surface area contributed by atoms with Crippen molar-refractivity contribution in [1.29, 1.82) is 5.26 Å². The fourth-order valence-corrected chi connectivity index (χ4v) is 3.86. The lowest BCUT2D eigenvalue weighted by Gasteiger charge is -2.19. The zero-order valence-corrected chi connectivity index (χ0v) is 18.1. The normalized spacial score (nSPS) is 11.5. The van der Waals surface area contributed by atoms with Gasteiger partial charge < -0.3 is 10.6 Å². The molecule has 0 bridgehead atoms. The quantitative estimate of drug-likeness (QED) is 0.527. The van der Waals surface area contributed by atoms with E-state index in [2.05, 4.69) is 20.6 Å². The van der Waals surface area contributed by atoms with Gasteiger partial charge in [0.25, 0.3) is 5.91 Å². The van der Waals surface area contributed by atoms with Crippen LogP contribution in [0.25, 0.3) is 21.8 Å². The lowest BCUT2D eigenvalue weighted by molar-refractivity contribution is -0.123. The van der Waals surface area contributed by atoms with E-state index in [0.717, 1.165) is 21.8 Å². The highest BCUT2D eigenvalue weighted by Gasteiger charge is 2.22. The first-order valence-corrected chi connectivity index (χ1v) is 10.8. The minimum Gasteiger partial charge on any atom is -0.341 e. The van der Waals surface area contributed by atoms with Crippen molar-refractivity contribution < 1.29 is 9.59 Å². The van der Waals surface area contributed by atoms with Crippen LogP contribution in [0.1, 0.15) is 30.6 Å². The molecule has 2 N–H and O–H groups in total. The van der Waals surface area contributed by atoms with Gasteiger partial charge in [-0.25, -0.2) is 4.98 Å². The van der Waals surface area contributed by atoms with Crippen LogP contribution in [0.4, 0.5) is 0 Å². The largest absolute Gasteiger partial charge is 0.341 e. The summed E-state index contributed by atoms with van der Waals surface area (Å²) < 4.78 is 0. The number of benzene rings is 1. The SMILES string of the molecule is CC(C)C[C@H](NC(=O)c1ccc(-c2csc(-c3ccncc3)n2)cc1)C(=O)NCC#N. The van der Waals surface area contributed by atoms with Crippen LogP contribution >= 0.6 is 11.3 Å². The third-order valence-electron chi connectivity index (χ3n) is 4.54. The molecular formula is C23H23N5O2S. The van der Waals surface area contributed by atoms with Crippen LogP contribution in [-0.2, 0) is 4.79 Å². The molecule has 0 spiro atoms. The van der Waals surface area contributed by atoms with E-state index in [9.17, 15) is 9.59 Å². The smallest absolute Gasteiger partial charge is 0.251 e. The van der Waals surface area contributed by atoms with Crippen molar-refractivity contribution in [3.05, 3.63) is 59.7 Å². The van der Waals surface area contributed by atoms with Gasteiger partial charge in [0.2, 0.25) is 5.91 Å². The molecule has 2 aromatic heterocycles. The molecule has 3 rings (SSSR count). The molecule has 31 heavy (non-hydrogen) atoms. The van der Waals surface area contributed by atoms with Crippen LogP contribution in [-0.4, -0.2) is 34.4 Å². The Morgan fingerprint density at radius 3 is 2.45 bits per heavy atom. The van der Waals surface area contributed by atoms with Gasteiger partial charge in [0.05, 0.1) is 11.8 Å². The third kappa shape index (κ3) is 5.96. The van der Waals surface area contributed by atoms with Crippen molar-refractivity contribution in [3.63, 3.8) is 0 Å². The first-order chi connectivity index (χ1) is 15.0. The number of carbonyl (C=O) groups excluding carboxylic acids is 2. The third-order valence-corrected chi connectivity index (χ3v) is 5.44. The maximum absolute atomic E-state index is 12.7. The van der Waals surface area contributed by atoms with Gasteiger partial charge in [-0.2, -0.15) is 5.26 Å². The Bertz CT molecular complexity index is 1070. The number of carbonyl (C=O) groups is 2. The minimum atomic E-state index is -0.693. The van der Waals surface area contributed by atoms with Crippen LogP contribution in [0.15, 0.2) is 54.2 Å². The Balaban J connectivity index is 1.70. The topological polar surface area (TPSA) is 108 Å². The van der Waals surface area contributed by atoms with Crippen LogP contribution in [0.2, 0.25) is 0 Å². The number of hydrogen-bond donors (Lipinski definition) is 2. The van der Waals surface area contributed by atoms with Gasteiger partial charge >= 0.3 is 0 Å². The van der Waals surface area contributed by atoms with Gasteiger partial charge in [-0.1, -0.05) is 26.0 Å². The molecule has 2 amide bonds. The van der Waals surface area contributed by atoms with Crippen molar-refractivity contribution in [2.45, 2.75) is 26.3 Å². The summed E-state index contributed by atoms with van der Waals surface area (Å²) in [7, 11) is 0. The summed E-state index contributed by atoms with van der Waals surface area (Å²) in [6.45, 7) is 3.85. The average molecular weight is 434 g/mol. The van der Waals surface area contributed by atoms with Crippen LogP contribution in [0, 0.1) is 17.2 Å². The summed E-state index contributed by atoms with van der Waals surface area (Å²) in [6, 6.07) is 12.1. The zero-order valence-electron chi connectivity index (χ0n) is 17.3. The minimum absolute atomic E-state index is 0.0902. The predicted octanol–water partition coefficient (Wildman–Crippen LogP) is 3.66. The second-order valence-electron chi connectivity index (χ2n) is 7.38. The summed E-state index contributed by atoms with van der Waals surface area (Å²) in [5.41, 5.74) is 3.19. The second-order valence-corrected chi connectivity index (χ2v) is 8.24. The van der Waals surface area contributed by atoms with Crippen molar-refractivity contribution in [2.24, 2.45) is 5.92 Å². The summed E-state index contributed by atoms with van der Waals surface area (Å²) >= 11 is 1.55. The number of aromatic nitrogens is 2. The zero-order chi connectivity index (χ0) is 22.2. The second kappa shape index (κ2) is 10.5. The van der Waals surface area contributed by atoms with Crippen molar-refractivity contribution >= 4 is 23.2 Å². The highest BCUT2D eigenvalue weighted by Crippen LogP contribution is 2.28. The molecule has 0 saturated heterocycles. The molecule has 2 heterocycles. The monoisotopic (exact) mass is 433 g/mol. The van der Waals surface area contributed by atoms with Gasteiger partial charge in [0.1, 0.15) is 17.6 Å². The number of nitrogens with zero attached hydrogens (tertiary/aromatic N) is 3. The number of pyridine rings is 1. The Kier molecular flexibility index (Phi) is 7.46. The van der Waals surface area contributed by atoms with Crippen molar-refractivity contribution in [2.75, 3.05) is 6.54 Å². The van der Waals surface area contributed by atoms with Crippen molar-refractivity contribution in [1.82, 2.24) is 20.6 Å². The highest BCUT2D eigenvalue weighted by molar-refractivity contribution is 7.13. The lowest BCUT2D eigenvalue weighted by atomic mass is 10.0. The molecule has 7 nitrogen and oxygen atoms in total. The first kappa shape index (κ1) is 22.1. The van der Waals surface area contributed by atoms with E-state index in [1.54, 1.807) is 35.9 Å². The Morgan fingerprint density at radius 2 is 1.81 bits per heavy atom. The van der Waals surface area contributed by atoms with E-state index in [4.69, 9.17) is 5.26 Å². The fourth-order valence-electron chi connectivity index (χ4n) is 3.02. The molecule has 3 aromatic rings. The molecule has 0 aliphatic rings. The van der Waals surface area contributed by atoms with Crippen LogP contribution in [0.5, 0.6) is 0 Å².